The van der Waals surface area contributed by atoms with Crippen LogP contribution in [0.3, 0.4) is 0 Å². The first-order chi connectivity index (χ1) is 16.8. The second-order valence-corrected chi connectivity index (χ2v) is 9.10. The van der Waals surface area contributed by atoms with Gasteiger partial charge >= 0.3 is 0 Å². The molecule has 0 spiro atoms. The number of rotatable bonds is 5. The summed E-state index contributed by atoms with van der Waals surface area (Å²) in [5.74, 6) is 1.59. The number of nitrogens with zero attached hydrogens (tertiary/aromatic N) is 5. The topological polar surface area (TPSA) is 101 Å². The van der Waals surface area contributed by atoms with Crippen LogP contribution in [0.2, 0.25) is 0 Å². The second kappa shape index (κ2) is 9.15. The normalized spacial score (nSPS) is 21.7. The van der Waals surface area contributed by atoms with Crippen molar-refractivity contribution in [2.75, 3.05) is 38.7 Å². The van der Waals surface area contributed by atoms with E-state index in [0.29, 0.717) is 17.8 Å². The molecule has 9 heteroatoms. The third kappa shape index (κ3) is 4.05. The summed E-state index contributed by atoms with van der Waals surface area (Å²) in [7, 11) is 1.64. The standard InChI is InChI=1S/C25H29N7O2/c1-33-19-10-16(12-26-13-19)21-11-20-22(14-27-21)31-25-23(20)24(28-15-29-25)30-17-2-4-18(5-3-17)32-6-8-34-9-7-32/h10-15,17-18H,2-9H2,1H3,(H2,28,29,30,31)/t17-,18-. The number of H-pyrrole nitrogens is 1. The zero-order valence-electron chi connectivity index (χ0n) is 19.3. The van der Waals surface area contributed by atoms with Crippen LogP contribution in [-0.4, -0.2) is 75.3 Å². The second-order valence-electron chi connectivity index (χ2n) is 9.10. The molecule has 1 saturated heterocycles. The molecule has 0 unspecified atom stereocenters. The lowest BCUT2D eigenvalue weighted by Crippen LogP contribution is -2.46. The summed E-state index contributed by atoms with van der Waals surface area (Å²) in [6.07, 6.45) is 11.7. The average Bonchev–Trinajstić information content (AvgIpc) is 3.28. The maximum Gasteiger partial charge on any atom is 0.143 e. The van der Waals surface area contributed by atoms with Crippen molar-refractivity contribution in [2.24, 2.45) is 0 Å². The number of nitrogens with one attached hydrogen (secondary N) is 2. The van der Waals surface area contributed by atoms with E-state index in [0.717, 1.165) is 78.2 Å². The van der Waals surface area contributed by atoms with Crippen LogP contribution in [0.4, 0.5) is 5.82 Å². The molecule has 0 radical (unpaired) electrons. The van der Waals surface area contributed by atoms with Gasteiger partial charge in [0.2, 0.25) is 0 Å². The molecule has 0 amide bonds. The van der Waals surface area contributed by atoms with E-state index in [4.69, 9.17) is 9.47 Å². The maximum atomic E-state index is 5.52. The van der Waals surface area contributed by atoms with Crippen LogP contribution in [0, 0.1) is 0 Å². The summed E-state index contributed by atoms with van der Waals surface area (Å²) in [6.45, 7) is 3.84. The number of aromatic amines is 1. The van der Waals surface area contributed by atoms with Gasteiger partial charge in [0.05, 0.1) is 49.3 Å². The molecule has 2 aliphatic rings. The van der Waals surface area contributed by atoms with Gasteiger partial charge in [0.1, 0.15) is 23.5 Å². The molecule has 176 valence electrons. The van der Waals surface area contributed by atoms with Gasteiger partial charge in [-0.25, -0.2) is 9.97 Å². The first-order valence-electron chi connectivity index (χ1n) is 12.0. The number of aromatic nitrogens is 5. The Morgan fingerprint density at radius 3 is 2.71 bits per heavy atom. The number of methoxy groups -OCH3 is 1. The van der Waals surface area contributed by atoms with Crippen molar-refractivity contribution < 1.29 is 9.47 Å². The van der Waals surface area contributed by atoms with Gasteiger partial charge in [0, 0.05) is 42.3 Å². The van der Waals surface area contributed by atoms with E-state index in [1.165, 1.54) is 12.8 Å². The van der Waals surface area contributed by atoms with Gasteiger partial charge in [0.25, 0.3) is 0 Å². The molecule has 6 rings (SSSR count). The van der Waals surface area contributed by atoms with Gasteiger partial charge in [-0.2, -0.15) is 0 Å². The molecular formula is C25H29N7O2. The number of ether oxygens (including phenoxy) is 2. The highest BCUT2D eigenvalue weighted by Crippen LogP contribution is 2.33. The molecule has 0 atom stereocenters. The van der Waals surface area contributed by atoms with Crippen molar-refractivity contribution in [3.63, 3.8) is 0 Å². The van der Waals surface area contributed by atoms with Crippen LogP contribution >= 0.6 is 0 Å². The minimum atomic E-state index is 0.407. The number of morpholine rings is 1. The molecule has 0 aromatic carbocycles. The Morgan fingerprint density at radius 2 is 1.88 bits per heavy atom. The van der Waals surface area contributed by atoms with E-state index in [2.05, 4.69) is 41.2 Å². The number of hydrogen-bond donors (Lipinski definition) is 2. The Balaban J connectivity index is 1.27. The predicted octanol–water partition coefficient (Wildman–Crippen LogP) is 3.63. The molecule has 1 aliphatic carbocycles. The number of anilines is 1. The summed E-state index contributed by atoms with van der Waals surface area (Å²) in [4.78, 5) is 24.0. The summed E-state index contributed by atoms with van der Waals surface area (Å²) in [5, 5.41) is 5.79. The Morgan fingerprint density at radius 1 is 1.03 bits per heavy atom. The molecule has 34 heavy (non-hydrogen) atoms. The number of fused-ring (bicyclic) bond motifs is 3. The van der Waals surface area contributed by atoms with Crippen molar-refractivity contribution in [3.05, 3.63) is 37.1 Å². The Kier molecular flexibility index (Phi) is 5.72. The highest BCUT2D eigenvalue weighted by molar-refractivity contribution is 6.11. The molecule has 2 fully saturated rings. The molecule has 0 bridgehead atoms. The van der Waals surface area contributed by atoms with E-state index in [9.17, 15) is 0 Å². The van der Waals surface area contributed by atoms with Gasteiger partial charge in [-0.1, -0.05) is 0 Å². The van der Waals surface area contributed by atoms with Crippen molar-refractivity contribution in [1.29, 1.82) is 0 Å². The Hall–Kier alpha value is -3.30. The highest BCUT2D eigenvalue weighted by atomic mass is 16.5. The zero-order chi connectivity index (χ0) is 22.9. The van der Waals surface area contributed by atoms with Crippen LogP contribution in [0.5, 0.6) is 5.75 Å². The predicted molar refractivity (Wildman–Crippen MR) is 131 cm³/mol. The lowest BCUT2D eigenvalue weighted by Gasteiger charge is -2.39. The van der Waals surface area contributed by atoms with E-state index in [1.54, 1.807) is 25.8 Å². The molecular weight excluding hydrogens is 430 g/mol. The fourth-order valence-electron chi connectivity index (χ4n) is 5.28. The molecule has 4 aromatic rings. The molecule has 1 aliphatic heterocycles. The quantitative estimate of drug-likeness (QED) is 0.467. The van der Waals surface area contributed by atoms with Crippen LogP contribution in [0.15, 0.2) is 37.1 Å². The summed E-state index contributed by atoms with van der Waals surface area (Å²) >= 11 is 0. The fourth-order valence-corrected chi connectivity index (χ4v) is 5.28. The third-order valence-electron chi connectivity index (χ3n) is 7.12. The third-order valence-corrected chi connectivity index (χ3v) is 7.12. The van der Waals surface area contributed by atoms with Gasteiger partial charge in [-0.15, -0.1) is 0 Å². The molecule has 4 aromatic heterocycles. The molecule has 5 heterocycles. The zero-order valence-corrected chi connectivity index (χ0v) is 19.3. The Labute approximate surface area is 197 Å². The largest absolute Gasteiger partial charge is 0.495 e. The van der Waals surface area contributed by atoms with E-state index in [1.807, 2.05) is 12.3 Å². The first kappa shape index (κ1) is 21.2. The maximum absolute atomic E-state index is 5.52. The molecule has 2 N–H and O–H groups in total. The SMILES string of the molecule is COc1cncc(-c2cc3c(cn2)[nH]c2ncnc(N[C@H]4CC[C@H](N5CCOCC5)CC4)c23)c1. The van der Waals surface area contributed by atoms with Crippen molar-refractivity contribution in [3.8, 4) is 17.0 Å². The van der Waals surface area contributed by atoms with Crippen LogP contribution < -0.4 is 10.1 Å². The molecule has 9 nitrogen and oxygen atoms in total. The minimum absolute atomic E-state index is 0.407. The van der Waals surface area contributed by atoms with E-state index in [-0.39, 0.29) is 0 Å². The Bertz CT molecular complexity index is 1290. The lowest BCUT2D eigenvalue weighted by atomic mass is 9.90. The first-order valence-corrected chi connectivity index (χ1v) is 12.0. The van der Waals surface area contributed by atoms with Crippen LogP contribution in [-0.2, 0) is 4.74 Å². The van der Waals surface area contributed by atoms with Crippen molar-refractivity contribution in [1.82, 2.24) is 29.8 Å². The molecule has 1 saturated carbocycles. The summed E-state index contributed by atoms with van der Waals surface area (Å²) < 4.78 is 10.9. The number of pyridine rings is 2. The van der Waals surface area contributed by atoms with Gasteiger partial charge in [-0.3, -0.25) is 14.9 Å². The summed E-state index contributed by atoms with van der Waals surface area (Å²) in [5.41, 5.74) is 3.50. The van der Waals surface area contributed by atoms with E-state index < -0.39 is 0 Å². The van der Waals surface area contributed by atoms with Crippen LogP contribution in [0.1, 0.15) is 25.7 Å². The number of hydrogen-bond acceptors (Lipinski definition) is 8. The minimum Gasteiger partial charge on any atom is -0.495 e. The van der Waals surface area contributed by atoms with Crippen LogP contribution in [0.25, 0.3) is 33.2 Å². The van der Waals surface area contributed by atoms with Gasteiger partial charge in [-0.05, 0) is 37.8 Å². The smallest absolute Gasteiger partial charge is 0.143 e. The fraction of sp³-hybridized carbons (Fsp3) is 0.440. The van der Waals surface area contributed by atoms with Gasteiger partial charge < -0.3 is 19.8 Å². The lowest BCUT2D eigenvalue weighted by molar-refractivity contribution is 0.00791. The van der Waals surface area contributed by atoms with E-state index >= 15 is 0 Å². The summed E-state index contributed by atoms with van der Waals surface area (Å²) in [6, 6.07) is 5.10. The van der Waals surface area contributed by atoms with Crippen molar-refractivity contribution in [2.45, 2.75) is 37.8 Å². The highest BCUT2D eigenvalue weighted by Gasteiger charge is 2.27. The monoisotopic (exact) mass is 459 g/mol. The average molecular weight is 460 g/mol. The van der Waals surface area contributed by atoms with Crippen molar-refractivity contribution >= 4 is 27.8 Å². The van der Waals surface area contributed by atoms with Gasteiger partial charge in [0.15, 0.2) is 0 Å².